The van der Waals surface area contributed by atoms with E-state index in [1.54, 1.807) is 0 Å². The normalized spacial score (nSPS) is 14.7. The van der Waals surface area contributed by atoms with E-state index in [1.165, 1.54) is 47.6 Å². The largest absolute Gasteiger partial charge is 0.368 e. The molecule has 3 heteroatoms. The molecule has 1 fully saturated rings. The molecule has 0 radical (unpaired) electrons. The van der Waals surface area contributed by atoms with E-state index in [-0.39, 0.29) is 0 Å². The molecule has 2 nitrogen and oxygen atoms in total. The number of allylic oxidation sites excluding steroid dienone is 2. The quantitative estimate of drug-likeness (QED) is 0.572. The number of aliphatic hydroxyl groups excluding tert-OH is 1. The van der Waals surface area contributed by atoms with Gasteiger partial charge in [-0.25, -0.2) is 0 Å². The molecule has 1 aliphatic carbocycles. The van der Waals surface area contributed by atoms with Crippen LogP contribution in [-0.4, -0.2) is 16.5 Å². The monoisotopic (exact) mass is 334 g/mol. The summed E-state index contributed by atoms with van der Waals surface area (Å²) in [5, 5.41) is 16.6. The van der Waals surface area contributed by atoms with Crippen LogP contribution in [0, 0.1) is 5.92 Å². The van der Waals surface area contributed by atoms with Gasteiger partial charge in [-0.1, -0.05) is 57.0 Å². The minimum atomic E-state index is -1.17. The third-order valence-electron chi connectivity index (χ3n) is 3.60. The Balaban J connectivity index is 0.000000388. The highest BCUT2D eigenvalue weighted by atomic mass is 32.1. The second-order valence-corrected chi connectivity index (χ2v) is 6.73. The first-order valence-electron chi connectivity index (χ1n) is 8.65. The lowest BCUT2D eigenvalue weighted by Crippen LogP contribution is -1.92. The van der Waals surface area contributed by atoms with Crippen molar-refractivity contribution in [2.45, 2.75) is 59.2 Å². The Morgan fingerprint density at radius 3 is 2.39 bits per heavy atom. The molecule has 0 atom stereocenters. The molecule has 0 spiro atoms. The fourth-order valence-corrected chi connectivity index (χ4v) is 3.70. The second-order valence-electron chi connectivity index (χ2n) is 5.56. The average molecular weight is 335 g/mol. The van der Waals surface area contributed by atoms with Crippen LogP contribution in [0.4, 0.5) is 0 Å². The summed E-state index contributed by atoms with van der Waals surface area (Å²) < 4.78 is 1.41. The Morgan fingerprint density at radius 2 is 1.78 bits per heavy atom. The molecule has 23 heavy (non-hydrogen) atoms. The Bertz CT molecular complexity index is 530. The van der Waals surface area contributed by atoms with Gasteiger partial charge in [0, 0.05) is 9.58 Å². The first kappa shape index (κ1) is 19.9. The van der Waals surface area contributed by atoms with Crippen molar-refractivity contribution < 1.29 is 10.2 Å². The van der Waals surface area contributed by atoms with Crippen LogP contribution in [0.5, 0.6) is 0 Å². The number of aliphatic hydroxyl groups is 2. The van der Waals surface area contributed by atoms with E-state index in [9.17, 15) is 0 Å². The van der Waals surface area contributed by atoms with Gasteiger partial charge in [0.1, 0.15) is 6.29 Å². The third-order valence-corrected chi connectivity index (χ3v) is 4.74. The van der Waals surface area contributed by atoms with Crippen molar-refractivity contribution in [1.29, 1.82) is 0 Å². The number of rotatable bonds is 3. The van der Waals surface area contributed by atoms with Crippen molar-refractivity contribution >= 4 is 21.4 Å². The standard InChI is InChI=1S/C16H18S.C2H6O2.C2H6/c1-2-7-13(6-1)8-5-10-15-12-14-9-3-4-11-16(14)17-15;1-2(3)4;1-2/h3-5,8-9,11-13H,1-2,6-7,10H2;2-4H,1H3;1-2H3/b8-5+;;. The van der Waals surface area contributed by atoms with Crippen molar-refractivity contribution in [2.75, 3.05) is 0 Å². The van der Waals surface area contributed by atoms with E-state index >= 15 is 0 Å². The summed E-state index contributed by atoms with van der Waals surface area (Å²) in [5.41, 5.74) is 0. The molecule has 0 saturated heterocycles. The third kappa shape index (κ3) is 7.78. The Hall–Kier alpha value is -1.16. The number of hydrogen-bond donors (Lipinski definition) is 2. The lowest BCUT2D eigenvalue weighted by atomic mass is 10.1. The van der Waals surface area contributed by atoms with Gasteiger partial charge >= 0.3 is 0 Å². The van der Waals surface area contributed by atoms with Gasteiger partial charge in [0.2, 0.25) is 0 Å². The van der Waals surface area contributed by atoms with Gasteiger partial charge in [-0.15, -0.1) is 11.3 Å². The van der Waals surface area contributed by atoms with E-state index in [2.05, 4.69) is 42.5 Å². The molecule has 1 aromatic carbocycles. The van der Waals surface area contributed by atoms with E-state index in [1.807, 2.05) is 25.2 Å². The maximum atomic E-state index is 7.61. The van der Waals surface area contributed by atoms with Crippen molar-refractivity contribution in [3.63, 3.8) is 0 Å². The molecule has 0 unspecified atom stereocenters. The fraction of sp³-hybridized carbons (Fsp3) is 0.500. The molecule has 1 aromatic heterocycles. The van der Waals surface area contributed by atoms with Gasteiger partial charge in [0.15, 0.2) is 0 Å². The molecule has 3 rings (SSSR count). The highest BCUT2D eigenvalue weighted by Crippen LogP contribution is 2.28. The molecule has 0 amide bonds. The van der Waals surface area contributed by atoms with E-state index in [4.69, 9.17) is 10.2 Å². The van der Waals surface area contributed by atoms with Gasteiger partial charge in [-0.2, -0.15) is 0 Å². The van der Waals surface area contributed by atoms with Crippen LogP contribution in [0.1, 0.15) is 51.3 Å². The molecular weight excluding hydrogens is 304 g/mol. The van der Waals surface area contributed by atoms with Crippen LogP contribution in [0.3, 0.4) is 0 Å². The van der Waals surface area contributed by atoms with Crippen molar-refractivity contribution in [1.82, 2.24) is 0 Å². The SMILES string of the molecule is C(=C\C1CCCC1)/Cc1cc2ccccc2s1.CC.CC(O)O. The average Bonchev–Trinajstić information content (AvgIpc) is 3.17. The predicted molar refractivity (Wildman–Crippen MR) is 102 cm³/mol. The molecule has 0 aliphatic heterocycles. The lowest BCUT2D eigenvalue weighted by Gasteiger charge is -1.98. The smallest absolute Gasteiger partial charge is 0.148 e. The first-order valence-corrected chi connectivity index (χ1v) is 9.47. The van der Waals surface area contributed by atoms with Gasteiger partial charge in [-0.3, -0.25) is 0 Å². The van der Waals surface area contributed by atoms with E-state index < -0.39 is 6.29 Å². The summed E-state index contributed by atoms with van der Waals surface area (Å²) in [6.45, 7) is 5.28. The summed E-state index contributed by atoms with van der Waals surface area (Å²) in [6.07, 6.45) is 10.4. The van der Waals surface area contributed by atoms with Crippen LogP contribution in [-0.2, 0) is 6.42 Å². The van der Waals surface area contributed by atoms with Crippen LogP contribution < -0.4 is 0 Å². The van der Waals surface area contributed by atoms with E-state index in [0.29, 0.717) is 0 Å². The molecule has 128 valence electrons. The molecule has 2 N–H and O–H groups in total. The molecule has 1 heterocycles. The summed E-state index contributed by atoms with van der Waals surface area (Å²) in [5.74, 6) is 0.865. The predicted octanol–water partition coefficient (Wildman–Crippen LogP) is 5.53. The zero-order chi connectivity index (χ0) is 17.1. The summed E-state index contributed by atoms with van der Waals surface area (Å²) in [4.78, 5) is 1.49. The van der Waals surface area contributed by atoms with Crippen LogP contribution in [0.25, 0.3) is 10.1 Å². The maximum absolute atomic E-state index is 7.61. The Kier molecular flexibility index (Phi) is 9.85. The number of benzene rings is 1. The Labute approximate surface area is 144 Å². The number of thiophene rings is 1. The summed E-state index contributed by atoms with van der Waals surface area (Å²) >= 11 is 1.93. The van der Waals surface area contributed by atoms with Gasteiger partial charge in [0.05, 0.1) is 0 Å². The summed E-state index contributed by atoms with van der Waals surface area (Å²) in [7, 11) is 0. The first-order chi connectivity index (χ1) is 11.1. The topological polar surface area (TPSA) is 40.5 Å². The fourth-order valence-electron chi connectivity index (χ4n) is 2.66. The van der Waals surface area contributed by atoms with E-state index in [0.717, 1.165) is 12.3 Å². The van der Waals surface area contributed by atoms with Crippen molar-refractivity contribution in [2.24, 2.45) is 5.92 Å². The zero-order valence-electron chi connectivity index (χ0n) is 14.5. The minimum absolute atomic E-state index is 0.865. The highest BCUT2D eigenvalue weighted by Gasteiger charge is 2.10. The Morgan fingerprint density at radius 1 is 1.17 bits per heavy atom. The van der Waals surface area contributed by atoms with Crippen molar-refractivity contribution in [3.05, 3.63) is 47.4 Å². The molecule has 0 bridgehead atoms. The second kappa shape index (κ2) is 11.4. The number of hydrogen-bond acceptors (Lipinski definition) is 3. The molecule has 1 saturated carbocycles. The van der Waals surface area contributed by atoms with Gasteiger partial charge in [0.25, 0.3) is 0 Å². The summed E-state index contributed by atoms with van der Waals surface area (Å²) in [6, 6.07) is 11.0. The van der Waals surface area contributed by atoms with Crippen LogP contribution in [0.15, 0.2) is 42.5 Å². The van der Waals surface area contributed by atoms with Gasteiger partial charge < -0.3 is 10.2 Å². The van der Waals surface area contributed by atoms with Gasteiger partial charge in [-0.05, 0) is 49.6 Å². The number of fused-ring (bicyclic) bond motifs is 1. The van der Waals surface area contributed by atoms with Crippen molar-refractivity contribution in [3.8, 4) is 0 Å². The molecule has 2 aromatic rings. The molecule has 1 aliphatic rings. The van der Waals surface area contributed by atoms with Crippen LogP contribution in [0.2, 0.25) is 0 Å². The maximum Gasteiger partial charge on any atom is 0.148 e. The highest BCUT2D eigenvalue weighted by molar-refractivity contribution is 7.19. The zero-order valence-corrected chi connectivity index (χ0v) is 15.4. The molecular formula is C20H30O2S. The minimum Gasteiger partial charge on any atom is -0.368 e. The van der Waals surface area contributed by atoms with Crippen LogP contribution >= 0.6 is 11.3 Å². The lowest BCUT2D eigenvalue weighted by molar-refractivity contribution is -0.0228.